The molecule has 2 fully saturated rings. The van der Waals surface area contributed by atoms with Crippen LogP contribution >= 0.6 is 24.0 Å². The van der Waals surface area contributed by atoms with Crippen LogP contribution in [0.1, 0.15) is 50.2 Å². The first-order valence-electron chi connectivity index (χ1n) is 11.1. The summed E-state index contributed by atoms with van der Waals surface area (Å²) in [4.78, 5) is 9.85. The van der Waals surface area contributed by atoms with Gasteiger partial charge < -0.3 is 15.0 Å². The quantitative estimate of drug-likeness (QED) is 0.338. The van der Waals surface area contributed by atoms with Gasteiger partial charge in [0.05, 0.1) is 13.2 Å². The Hall–Kier alpha value is -0.860. The number of benzene rings is 1. The smallest absolute Gasteiger partial charge is 0.193 e. The van der Waals surface area contributed by atoms with Gasteiger partial charge >= 0.3 is 0 Å². The topological polar surface area (TPSA) is 40.1 Å². The number of guanidine groups is 1. The van der Waals surface area contributed by atoms with Gasteiger partial charge in [-0.1, -0.05) is 37.1 Å². The van der Waals surface area contributed by atoms with Crippen LogP contribution in [0.25, 0.3) is 0 Å². The Labute approximate surface area is 194 Å². The largest absolute Gasteiger partial charge is 0.381 e. The molecule has 0 saturated carbocycles. The SMILES string of the molecule is CCNC(=NCc1ccccc1CN1CCCCCC1)N(C)CC1CCOC1.I. The van der Waals surface area contributed by atoms with E-state index in [0.717, 1.165) is 51.8 Å². The molecule has 1 atom stereocenters. The third-order valence-electron chi connectivity index (χ3n) is 5.86. The standard InChI is InChI=1S/C23H38N4O.HI/c1-3-24-23(26(2)17-20-12-15-28-19-20)25-16-21-10-6-7-11-22(21)18-27-13-8-4-5-9-14-27;/h6-7,10-11,20H,3-5,8-9,12-19H2,1-2H3,(H,24,25);1H. The molecule has 5 nitrogen and oxygen atoms in total. The molecule has 164 valence electrons. The summed E-state index contributed by atoms with van der Waals surface area (Å²) in [6.45, 7) is 10.0. The van der Waals surface area contributed by atoms with Crippen LogP contribution in [0.2, 0.25) is 0 Å². The number of halogens is 1. The Morgan fingerprint density at radius 1 is 1.17 bits per heavy atom. The summed E-state index contributed by atoms with van der Waals surface area (Å²) in [7, 11) is 2.14. The van der Waals surface area contributed by atoms with Crippen molar-refractivity contribution in [2.45, 2.75) is 52.1 Å². The van der Waals surface area contributed by atoms with Crippen molar-refractivity contribution in [3.05, 3.63) is 35.4 Å². The van der Waals surface area contributed by atoms with E-state index in [1.54, 1.807) is 0 Å². The molecular formula is C23H39IN4O. The fourth-order valence-corrected chi connectivity index (χ4v) is 4.23. The van der Waals surface area contributed by atoms with Gasteiger partial charge in [0, 0.05) is 39.2 Å². The molecule has 1 aromatic carbocycles. The zero-order chi connectivity index (χ0) is 19.6. The lowest BCUT2D eigenvalue weighted by atomic mass is 10.1. The molecule has 2 saturated heterocycles. The molecule has 0 bridgehead atoms. The van der Waals surface area contributed by atoms with Crippen molar-refractivity contribution in [3.8, 4) is 0 Å². The van der Waals surface area contributed by atoms with E-state index in [9.17, 15) is 0 Å². The third-order valence-corrected chi connectivity index (χ3v) is 5.86. The van der Waals surface area contributed by atoms with Crippen LogP contribution in [-0.4, -0.2) is 62.2 Å². The van der Waals surface area contributed by atoms with Crippen molar-refractivity contribution >= 4 is 29.9 Å². The molecule has 3 rings (SSSR count). The van der Waals surface area contributed by atoms with Crippen LogP contribution in [0.4, 0.5) is 0 Å². The minimum absolute atomic E-state index is 0. The average Bonchev–Trinajstić information content (AvgIpc) is 3.08. The summed E-state index contributed by atoms with van der Waals surface area (Å²) in [5.41, 5.74) is 2.77. The van der Waals surface area contributed by atoms with Crippen LogP contribution in [0.3, 0.4) is 0 Å². The van der Waals surface area contributed by atoms with Gasteiger partial charge in [-0.3, -0.25) is 4.90 Å². The molecule has 1 N–H and O–H groups in total. The van der Waals surface area contributed by atoms with Gasteiger partial charge in [0.15, 0.2) is 5.96 Å². The predicted molar refractivity (Wildman–Crippen MR) is 132 cm³/mol. The monoisotopic (exact) mass is 514 g/mol. The van der Waals surface area contributed by atoms with Crippen LogP contribution < -0.4 is 5.32 Å². The number of rotatable bonds is 7. The first-order valence-corrected chi connectivity index (χ1v) is 11.1. The number of hydrogen-bond donors (Lipinski definition) is 1. The second-order valence-electron chi connectivity index (χ2n) is 8.24. The highest BCUT2D eigenvalue weighted by atomic mass is 127. The van der Waals surface area contributed by atoms with E-state index < -0.39 is 0 Å². The van der Waals surface area contributed by atoms with Crippen LogP contribution in [0.5, 0.6) is 0 Å². The second-order valence-corrected chi connectivity index (χ2v) is 8.24. The molecule has 6 heteroatoms. The van der Waals surface area contributed by atoms with Crippen LogP contribution in [-0.2, 0) is 17.8 Å². The molecule has 0 spiro atoms. The van der Waals surface area contributed by atoms with E-state index in [2.05, 4.69) is 53.4 Å². The minimum atomic E-state index is 0. The second kappa shape index (κ2) is 13.4. The maximum absolute atomic E-state index is 5.53. The Morgan fingerprint density at radius 2 is 1.90 bits per heavy atom. The van der Waals surface area contributed by atoms with Gasteiger partial charge in [-0.25, -0.2) is 4.99 Å². The van der Waals surface area contributed by atoms with Gasteiger partial charge in [0.1, 0.15) is 0 Å². The van der Waals surface area contributed by atoms with Crippen molar-refractivity contribution in [3.63, 3.8) is 0 Å². The lowest BCUT2D eigenvalue weighted by Crippen LogP contribution is -2.41. The summed E-state index contributed by atoms with van der Waals surface area (Å²) in [5, 5.41) is 3.46. The summed E-state index contributed by atoms with van der Waals surface area (Å²) in [6, 6.07) is 8.83. The lowest BCUT2D eigenvalue weighted by molar-refractivity contribution is 0.181. The van der Waals surface area contributed by atoms with Crippen molar-refractivity contribution in [2.75, 3.05) is 46.4 Å². The van der Waals surface area contributed by atoms with Crippen molar-refractivity contribution in [1.29, 1.82) is 0 Å². The zero-order valence-electron chi connectivity index (χ0n) is 18.2. The molecule has 0 aliphatic carbocycles. The summed E-state index contributed by atoms with van der Waals surface area (Å²) in [5.74, 6) is 1.61. The average molecular weight is 514 g/mol. The Kier molecular flexibility index (Phi) is 11.3. The van der Waals surface area contributed by atoms with E-state index in [-0.39, 0.29) is 24.0 Å². The van der Waals surface area contributed by atoms with Gasteiger partial charge in [0.2, 0.25) is 0 Å². The number of likely N-dealkylation sites (tertiary alicyclic amines) is 1. The van der Waals surface area contributed by atoms with E-state index in [1.807, 2.05) is 0 Å². The molecule has 29 heavy (non-hydrogen) atoms. The highest BCUT2D eigenvalue weighted by Gasteiger charge is 2.19. The van der Waals surface area contributed by atoms with Crippen LogP contribution in [0.15, 0.2) is 29.3 Å². The molecule has 2 aliphatic heterocycles. The highest BCUT2D eigenvalue weighted by Crippen LogP contribution is 2.17. The molecule has 1 aromatic rings. The van der Waals surface area contributed by atoms with E-state index in [4.69, 9.17) is 9.73 Å². The number of ether oxygens (including phenoxy) is 1. The van der Waals surface area contributed by atoms with Gasteiger partial charge in [0.25, 0.3) is 0 Å². The van der Waals surface area contributed by atoms with Crippen molar-refractivity contribution in [2.24, 2.45) is 10.9 Å². The molecule has 2 aliphatic rings. The summed E-state index contributed by atoms with van der Waals surface area (Å²) in [6.07, 6.45) is 6.59. The van der Waals surface area contributed by atoms with Gasteiger partial charge in [-0.15, -0.1) is 24.0 Å². The predicted octanol–water partition coefficient (Wildman–Crippen LogP) is 4.11. The number of nitrogens with one attached hydrogen (secondary N) is 1. The maximum atomic E-state index is 5.53. The minimum Gasteiger partial charge on any atom is -0.381 e. The normalized spacial score (nSPS) is 20.8. The fraction of sp³-hybridized carbons (Fsp3) is 0.696. The Morgan fingerprint density at radius 3 is 2.55 bits per heavy atom. The Bertz CT molecular complexity index is 611. The van der Waals surface area contributed by atoms with E-state index >= 15 is 0 Å². The van der Waals surface area contributed by atoms with E-state index in [0.29, 0.717) is 5.92 Å². The van der Waals surface area contributed by atoms with Crippen molar-refractivity contribution < 1.29 is 4.74 Å². The maximum Gasteiger partial charge on any atom is 0.193 e. The van der Waals surface area contributed by atoms with Crippen LogP contribution in [0, 0.1) is 5.92 Å². The molecule has 2 heterocycles. The molecule has 1 unspecified atom stereocenters. The third kappa shape index (κ3) is 8.06. The first kappa shape index (κ1) is 24.4. The van der Waals surface area contributed by atoms with Gasteiger partial charge in [-0.05, 0) is 50.4 Å². The lowest BCUT2D eigenvalue weighted by Gasteiger charge is -2.25. The number of hydrogen-bond acceptors (Lipinski definition) is 3. The molecular weight excluding hydrogens is 475 g/mol. The molecule has 0 aromatic heterocycles. The zero-order valence-corrected chi connectivity index (χ0v) is 20.6. The van der Waals surface area contributed by atoms with Crippen molar-refractivity contribution in [1.82, 2.24) is 15.1 Å². The summed E-state index contributed by atoms with van der Waals surface area (Å²) >= 11 is 0. The molecule has 0 amide bonds. The highest BCUT2D eigenvalue weighted by molar-refractivity contribution is 14.0. The first-order chi connectivity index (χ1) is 13.8. The molecule has 0 radical (unpaired) electrons. The fourth-order valence-electron chi connectivity index (χ4n) is 4.23. The van der Waals surface area contributed by atoms with E-state index in [1.165, 1.54) is 49.9 Å². The number of aliphatic imine (C=N–C) groups is 1. The summed E-state index contributed by atoms with van der Waals surface area (Å²) < 4.78 is 5.53. The van der Waals surface area contributed by atoms with Gasteiger partial charge in [-0.2, -0.15) is 0 Å². The Balaban J connectivity index is 0.00000300. The number of nitrogens with zero attached hydrogens (tertiary/aromatic N) is 3.